The first kappa shape index (κ1) is 67.8. The number of benzene rings is 4. The molecule has 0 aromatic heterocycles. The average molecular weight is 1190 g/mol. The maximum atomic E-state index is 12.8. The van der Waals surface area contributed by atoms with Gasteiger partial charge in [-0.2, -0.15) is 0 Å². The van der Waals surface area contributed by atoms with Gasteiger partial charge < -0.3 is 27.5 Å². The second-order valence-electron chi connectivity index (χ2n) is 27.5. The molecule has 2 unspecified atom stereocenters. The largest absolute Gasteiger partial charge is 0.462 e. The molecule has 3 aliphatic rings. The molecule has 0 radical (unpaired) electrons. The number of ether oxygens (including phenoxy) is 3. The van der Waals surface area contributed by atoms with Gasteiger partial charge in [-0.15, -0.1) is 0 Å². The van der Waals surface area contributed by atoms with Gasteiger partial charge in [-0.3, -0.25) is 14.4 Å². The minimum Gasteiger partial charge on any atom is -0.462 e. The lowest BCUT2D eigenvalue weighted by Gasteiger charge is -2.43. The highest BCUT2D eigenvalue weighted by Crippen LogP contribution is 2.42. The summed E-state index contributed by atoms with van der Waals surface area (Å²) in [5.41, 5.74) is 2.34. The normalized spacial score (nSPS) is 21.6. The highest BCUT2D eigenvalue weighted by Gasteiger charge is 2.51. The van der Waals surface area contributed by atoms with Gasteiger partial charge in [0.25, 0.3) is 16.6 Å². The van der Waals surface area contributed by atoms with E-state index < -0.39 is 25.0 Å². The van der Waals surface area contributed by atoms with Crippen molar-refractivity contribution < 1.29 is 41.9 Å². The van der Waals surface area contributed by atoms with E-state index in [4.69, 9.17) is 32.3 Å². The summed E-state index contributed by atoms with van der Waals surface area (Å²) in [5, 5.41) is 6.59. The van der Waals surface area contributed by atoms with Crippen molar-refractivity contribution in [3.8, 4) is 0 Å². The third-order valence-electron chi connectivity index (χ3n) is 18.1. The van der Waals surface area contributed by atoms with E-state index in [1.54, 1.807) is 7.05 Å². The summed E-state index contributed by atoms with van der Waals surface area (Å²) in [6.45, 7) is 39.3. The van der Waals surface area contributed by atoms with Gasteiger partial charge in [0, 0.05) is 32.3 Å². The van der Waals surface area contributed by atoms with Crippen LogP contribution in [0.25, 0.3) is 0 Å². The lowest BCUT2D eigenvalue weighted by Crippen LogP contribution is -2.66. The third-order valence-corrected chi connectivity index (χ3v) is 32.7. The van der Waals surface area contributed by atoms with Crippen LogP contribution in [0.4, 0.5) is 0 Å². The molecule has 456 valence electrons. The zero-order valence-electron chi connectivity index (χ0n) is 53.6. The molecular weight excluding hydrogens is 1080 g/mol. The lowest BCUT2D eigenvalue weighted by molar-refractivity contribution is -0.173. The molecule has 4 aromatic rings. The first-order valence-electron chi connectivity index (χ1n) is 31.0. The fraction of sp³-hybridized carbons (Fsp3) is 0.571. The van der Waals surface area contributed by atoms with Crippen molar-refractivity contribution in [2.45, 2.75) is 218 Å². The molecule has 3 saturated heterocycles. The molecule has 8 atom stereocenters. The smallest absolute Gasteiger partial charge is 0.309 e. The van der Waals surface area contributed by atoms with Crippen molar-refractivity contribution in [3.05, 3.63) is 146 Å². The van der Waals surface area contributed by atoms with E-state index in [1.165, 1.54) is 38.5 Å². The van der Waals surface area contributed by atoms with Gasteiger partial charge in [-0.25, -0.2) is 5.06 Å². The summed E-state index contributed by atoms with van der Waals surface area (Å²) in [6.07, 6.45) is 10.8. The standard InChI is InChI=1S/C39H63NO5Si2.C31H42O4Si/c1-30-28-32(20-19-27-43-47(39(6,7)8,34-21-15-13-16-22-34)35-23-17-14-18-24-35)44-36(30)26-25-33(45-46(11,12)38(3,4)5)29-31(2)37(41)40(9)42-10;1-23-21-25(34-29(23)19-18-26-22-24(2)30(32)35-26)13-12-20-33-36(31(3,4)5,27-14-8-6-9-15-27)28-16-10-7-11-17-28/h13-18,21-24,31-33,36H,1,19-20,25-29H2,2-12H3;6-11,14-17,24-26,29H,1,12-13,18-22H2,2-5H3/t31-,32+,33?,36+;24-,25+,26?,29+/m11/s1. The van der Waals surface area contributed by atoms with Crippen molar-refractivity contribution in [2.75, 3.05) is 27.4 Å². The molecule has 13 heteroatoms. The van der Waals surface area contributed by atoms with Crippen LogP contribution in [0.3, 0.4) is 0 Å². The Kier molecular flexibility index (Phi) is 24.4. The molecule has 1 amide bonds. The Hall–Kier alpha value is -4.29. The molecule has 83 heavy (non-hydrogen) atoms. The molecular formula is C70H105NO9Si3. The fourth-order valence-electron chi connectivity index (χ4n) is 12.5. The molecule has 7 rings (SSSR count). The predicted molar refractivity (Wildman–Crippen MR) is 348 cm³/mol. The van der Waals surface area contributed by atoms with Crippen LogP contribution in [0.2, 0.25) is 28.2 Å². The molecule has 0 saturated carbocycles. The van der Waals surface area contributed by atoms with Crippen LogP contribution in [0.5, 0.6) is 0 Å². The quantitative estimate of drug-likeness (QED) is 0.0200. The Balaban J connectivity index is 0.000000275. The van der Waals surface area contributed by atoms with Gasteiger partial charge in [-0.05, 0) is 137 Å². The Morgan fingerprint density at radius 3 is 1.36 bits per heavy atom. The Morgan fingerprint density at radius 2 is 1.01 bits per heavy atom. The number of nitrogens with zero attached hydrogens (tertiary/aromatic N) is 1. The number of cyclic esters (lactones) is 1. The van der Waals surface area contributed by atoms with Gasteiger partial charge in [0.2, 0.25) is 5.91 Å². The summed E-state index contributed by atoms with van der Waals surface area (Å²) in [5.74, 6) is -0.278. The van der Waals surface area contributed by atoms with Gasteiger partial charge >= 0.3 is 5.97 Å². The average Bonchev–Trinajstić information content (AvgIpc) is 2.70. The lowest BCUT2D eigenvalue weighted by atomic mass is 9.96. The Morgan fingerprint density at radius 1 is 0.614 bits per heavy atom. The summed E-state index contributed by atoms with van der Waals surface area (Å²) in [4.78, 5) is 29.7. The number of hydrogen-bond donors (Lipinski definition) is 0. The molecule has 0 bridgehead atoms. The van der Waals surface area contributed by atoms with Gasteiger partial charge in [0.15, 0.2) is 8.32 Å². The summed E-state index contributed by atoms with van der Waals surface area (Å²) < 4.78 is 39.5. The van der Waals surface area contributed by atoms with E-state index in [0.29, 0.717) is 19.6 Å². The van der Waals surface area contributed by atoms with E-state index >= 15 is 0 Å². The zero-order valence-corrected chi connectivity index (χ0v) is 56.6. The van der Waals surface area contributed by atoms with Crippen LogP contribution in [0.1, 0.15) is 153 Å². The third kappa shape index (κ3) is 17.5. The number of rotatable bonds is 26. The van der Waals surface area contributed by atoms with E-state index in [2.05, 4.69) is 210 Å². The van der Waals surface area contributed by atoms with E-state index in [1.807, 2.05) is 13.8 Å². The second-order valence-corrected chi connectivity index (χ2v) is 40.9. The SMILES string of the molecule is C=C1C[C@H](CCCO[Si](c2ccccc2)(c2ccccc2)C(C)(C)C)O[C@H]1CCC(C[C@@H](C)C(=O)N(C)OC)O[Si](C)(C)C(C)(C)C.C=C1C[C@H](CCCO[Si](c2ccccc2)(c2ccccc2)C(C)(C)C)O[C@H]1CCC1C[C@@H](C)C(=O)O1. The minimum atomic E-state index is -2.55. The number of hydrogen-bond acceptors (Lipinski definition) is 9. The number of esters is 1. The van der Waals surface area contributed by atoms with Crippen LogP contribution >= 0.6 is 0 Å². The Bertz CT molecular complexity index is 2570. The maximum absolute atomic E-state index is 12.8. The van der Waals surface area contributed by atoms with Crippen LogP contribution in [-0.2, 0) is 41.9 Å². The maximum Gasteiger partial charge on any atom is 0.309 e. The molecule has 3 heterocycles. The number of carbonyl (C=O) groups is 2. The van der Waals surface area contributed by atoms with Crippen molar-refractivity contribution in [1.82, 2.24) is 5.06 Å². The monoisotopic (exact) mass is 1190 g/mol. The van der Waals surface area contributed by atoms with E-state index in [0.717, 1.165) is 76.2 Å². The number of amides is 1. The molecule has 10 nitrogen and oxygen atoms in total. The molecule has 3 fully saturated rings. The summed E-state index contributed by atoms with van der Waals surface area (Å²) in [6, 6.07) is 43.3. The topological polar surface area (TPSA) is 102 Å². The van der Waals surface area contributed by atoms with Crippen molar-refractivity contribution in [1.29, 1.82) is 0 Å². The first-order valence-corrected chi connectivity index (χ1v) is 37.7. The zero-order chi connectivity index (χ0) is 60.8. The van der Waals surface area contributed by atoms with E-state index in [-0.39, 0.29) is 75.5 Å². The Labute approximate surface area is 504 Å². The molecule has 0 aliphatic carbocycles. The van der Waals surface area contributed by atoms with Gasteiger partial charge in [0.1, 0.15) is 6.10 Å². The second kappa shape index (κ2) is 29.9. The number of carbonyl (C=O) groups excluding carboxylic acids is 2. The number of hydroxylamine groups is 2. The van der Waals surface area contributed by atoms with Crippen LogP contribution < -0.4 is 20.7 Å². The highest BCUT2D eigenvalue weighted by molar-refractivity contribution is 7.00. The van der Waals surface area contributed by atoms with E-state index in [9.17, 15) is 9.59 Å². The predicted octanol–water partition coefficient (Wildman–Crippen LogP) is 14.1. The fourth-order valence-corrected chi connectivity index (χ4v) is 23.1. The molecule has 3 aliphatic heterocycles. The van der Waals surface area contributed by atoms with Crippen LogP contribution in [0.15, 0.2) is 146 Å². The van der Waals surface area contributed by atoms with Crippen LogP contribution in [0, 0.1) is 11.8 Å². The first-order chi connectivity index (χ1) is 39.1. The molecule has 0 N–H and O–H groups in total. The van der Waals surface area contributed by atoms with Crippen molar-refractivity contribution in [3.63, 3.8) is 0 Å². The highest BCUT2D eigenvalue weighted by atomic mass is 28.4. The minimum absolute atomic E-state index is 0.00997. The van der Waals surface area contributed by atoms with Gasteiger partial charge in [0.05, 0.1) is 37.4 Å². The van der Waals surface area contributed by atoms with Crippen molar-refractivity contribution >= 4 is 57.6 Å². The van der Waals surface area contributed by atoms with Gasteiger partial charge in [-0.1, -0.05) is 211 Å². The molecule has 0 spiro atoms. The molecule has 4 aromatic carbocycles. The summed E-state index contributed by atoms with van der Waals surface area (Å²) in [7, 11) is -3.89. The summed E-state index contributed by atoms with van der Waals surface area (Å²) >= 11 is 0. The van der Waals surface area contributed by atoms with Crippen molar-refractivity contribution in [2.24, 2.45) is 11.8 Å². The van der Waals surface area contributed by atoms with Crippen LogP contribution in [-0.4, -0.2) is 106 Å².